The molecule has 138 valence electrons. The van der Waals surface area contributed by atoms with Crippen molar-refractivity contribution in [3.8, 4) is 0 Å². The van der Waals surface area contributed by atoms with E-state index in [4.69, 9.17) is 0 Å². The van der Waals surface area contributed by atoms with Crippen LogP contribution in [0.15, 0.2) is 16.8 Å². The van der Waals surface area contributed by atoms with Crippen molar-refractivity contribution in [3.05, 3.63) is 22.4 Å². The van der Waals surface area contributed by atoms with E-state index in [1.807, 2.05) is 0 Å². The van der Waals surface area contributed by atoms with E-state index in [0.29, 0.717) is 0 Å². The maximum Gasteiger partial charge on any atom is 0.151 e. The zero-order valence-electron chi connectivity index (χ0n) is 15.5. The summed E-state index contributed by atoms with van der Waals surface area (Å²) in [6.45, 7) is 2.28. The first kappa shape index (κ1) is 21.4. The highest BCUT2D eigenvalue weighted by Gasteiger charge is 2.03. The van der Waals surface area contributed by atoms with Gasteiger partial charge in [0.15, 0.2) is 4.60 Å². The Balaban J connectivity index is 1.77. The molecule has 1 aromatic heterocycles. The number of aryl methyl sites for hydroxylation is 1. The zero-order chi connectivity index (χ0) is 17.3. The van der Waals surface area contributed by atoms with Gasteiger partial charge in [0, 0.05) is 0 Å². The van der Waals surface area contributed by atoms with Crippen molar-refractivity contribution in [2.75, 3.05) is 0 Å². The molecule has 0 fully saturated rings. The van der Waals surface area contributed by atoms with Gasteiger partial charge in [0.25, 0.3) is 0 Å². The van der Waals surface area contributed by atoms with E-state index >= 15 is 0 Å². The van der Waals surface area contributed by atoms with Crippen LogP contribution < -0.4 is 0 Å². The molecule has 0 radical (unpaired) electrons. The third kappa shape index (κ3) is 11.8. The summed E-state index contributed by atoms with van der Waals surface area (Å²) in [5, 5.41) is 10.8. The lowest BCUT2D eigenvalue weighted by molar-refractivity contribution is 0.593. The lowest BCUT2D eigenvalue weighted by Gasteiger charge is -2.00. The minimum Gasteiger partial charge on any atom is -0.197 e. The van der Waals surface area contributed by atoms with Crippen LogP contribution in [0.2, 0.25) is 0 Å². The number of aromatic nitrogens is 3. The van der Waals surface area contributed by atoms with Crippen molar-refractivity contribution in [2.45, 2.75) is 103 Å². The van der Waals surface area contributed by atoms with Gasteiger partial charge in [0.1, 0.15) is 0 Å². The lowest BCUT2D eigenvalue weighted by atomic mass is 10.1. The van der Waals surface area contributed by atoms with Crippen LogP contribution in [0.1, 0.15) is 103 Å². The average molecular weight is 398 g/mol. The smallest absolute Gasteiger partial charge is 0.151 e. The molecule has 0 amide bonds. The van der Waals surface area contributed by atoms with E-state index in [0.717, 1.165) is 16.7 Å². The van der Waals surface area contributed by atoms with Gasteiger partial charge in [-0.15, -0.1) is 5.10 Å². The number of nitrogens with zero attached hydrogens (tertiary/aromatic N) is 2. The number of rotatable bonds is 16. The van der Waals surface area contributed by atoms with Gasteiger partial charge >= 0.3 is 0 Å². The molecule has 0 aliphatic heterocycles. The fourth-order valence-corrected chi connectivity index (χ4v) is 3.31. The molecule has 0 aliphatic rings. The maximum atomic E-state index is 4.13. The first-order valence-electron chi connectivity index (χ1n) is 10.0. The molecule has 0 saturated heterocycles. The summed E-state index contributed by atoms with van der Waals surface area (Å²) < 4.78 is 0.871. The SMILES string of the molecule is CCCCCCCCC=CCCCCCCCCc1n[nH]nc1Br. The Morgan fingerprint density at radius 2 is 1.29 bits per heavy atom. The highest BCUT2D eigenvalue weighted by Crippen LogP contribution is 2.14. The molecule has 24 heavy (non-hydrogen) atoms. The van der Waals surface area contributed by atoms with Crippen molar-refractivity contribution >= 4 is 15.9 Å². The van der Waals surface area contributed by atoms with Gasteiger partial charge in [-0.25, -0.2) is 0 Å². The van der Waals surface area contributed by atoms with E-state index in [2.05, 4.69) is 50.4 Å². The van der Waals surface area contributed by atoms with Crippen molar-refractivity contribution < 1.29 is 0 Å². The first-order chi connectivity index (χ1) is 11.8. The van der Waals surface area contributed by atoms with E-state index in [-0.39, 0.29) is 0 Å². The molecule has 0 aliphatic carbocycles. The Kier molecular flexibility index (Phi) is 14.1. The zero-order valence-corrected chi connectivity index (χ0v) is 17.1. The molecular formula is C20H36BrN3. The van der Waals surface area contributed by atoms with Crippen LogP contribution in [-0.2, 0) is 6.42 Å². The van der Waals surface area contributed by atoms with Gasteiger partial charge in [-0.1, -0.05) is 76.9 Å². The average Bonchev–Trinajstić information content (AvgIpc) is 2.99. The van der Waals surface area contributed by atoms with Crippen LogP contribution in [0.25, 0.3) is 0 Å². The fourth-order valence-electron chi connectivity index (χ4n) is 2.94. The van der Waals surface area contributed by atoms with Crippen molar-refractivity contribution in [3.63, 3.8) is 0 Å². The van der Waals surface area contributed by atoms with Crippen molar-refractivity contribution in [2.24, 2.45) is 0 Å². The van der Waals surface area contributed by atoms with Gasteiger partial charge in [-0.2, -0.15) is 10.3 Å². The third-order valence-corrected chi connectivity index (χ3v) is 5.13. The molecular weight excluding hydrogens is 362 g/mol. The summed E-state index contributed by atoms with van der Waals surface area (Å²) in [5.74, 6) is 0. The van der Waals surface area contributed by atoms with Crippen molar-refractivity contribution in [1.29, 1.82) is 0 Å². The number of allylic oxidation sites excluding steroid dienone is 2. The molecule has 0 unspecified atom stereocenters. The molecule has 0 aromatic carbocycles. The van der Waals surface area contributed by atoms with Crippen LogP contribution in [0.4, 0.5) is 0 Å². The van der Waals surface area contributed by atoms with Crippen LogP contribution >= 0.6 is 15.9 Å². The number of halogens is 1. The van der Waals surface area contributed by atoms with Gasteiger partial charge < -0.3 is 0 Å². The summed E-state index contributed by atoms with van der Waals surface area (Å²) in [6.07, 6.45) is 24.7. The van der Waals surface area contributed by atoms with E-state index in [9.17, 15) is 0 Å². The van der Waals surface area contributed by atoms with Crippen LogP contribution in [0.3, 0.4) is 0 Å². The number of unbranched alkanes of at least 4 members (excludes halogenated alkanes) is 12. The normalized spacial score (nSPS) is 11.6. The van der Waals surface area contributed by atoms with Gasteiger partial charge in [-0.3, -0.25) is 0 Å². The molecule has 3 nitrogen and oxygen atoms in total. The largest absolute Gasteiger partial charge is 0.197 e. The highest BCUT2D eigenvalue weighted by molar-refractivity contribution is 9.10. The molecule has 1 rings (SSSR count). The molecule has 1 heterocycles. The van der Waals surface area contributed by atoms with Gasteiger partial charge in [-0.05, 0) is 54.5 Å². The minimum absolute atomic E-state index is 0.871. The second kappa shape index (κ2) is 15.9. The lowest BCUT2D eigenvalue weighted by Crippen LogP contribution is -1.88. The Morgan fingerprint density at radius 1 is 0.750 bits per heavy atom. The van der Waals surface area contributed by atoms with Gasteiger partial charge in [0.05, 0.1) is 5.69 Å². The number of H-pyrrole nitrogens is 1. The standard InChI is InChI=1S/C20H36BrN3/c1-2-3-4-5-6-7-8-9-10-11-12-13-14-15-16-17-18-19-20(21)23-24-22-19/h9-10H,2-8,11-18H2,1H3,(H,22,23,24). The monoisotopic (exact) mass is 397 g/mol. The summed E-state index contributed by atoms with van der Waals surface area (Å²) in [5.41, 5.74) is 1.06. The highest BCUT2D eigenvalue weighted by atomic mass is 79.9. The van der Waals surface area contributed by atoms with Crippen molar-refractivity contribution in [1.82, 2.24) is 15.4 Å². The summed E-state index contributed by atoms with van der Waals surface area (Å²) in [6, 6.07) is 0. The Bertz CT molecular complexity index is 415. The summed E-state index contributed by atoms with van der Waals surface area (Å²) in [4.78, 5) is 0. The number of hydrogen-bond acceptors (Lipinski definition) is 2. The Hall–Kier alpha value is -0.640. The molecule has 0 saturated carbocycles. The molecule has 4 heteroatoms. The van der Waals surface area contributed by atoms with E-state index in [1.54, 1.807) is 0 Å². The third-order valence-electron chi connectivity index (χ3n) is 4.50. The quantitative estimate of drug-likeness (QED) is 0.237. The Morgan fingerprint density at radius 3 is 1.83 bits per heavy atom. The molecule has 1 N–H and O–H groups in total. The van der Waals surface area contributed by atoms with Crippen LogP contribution in [-0.4, -0.2) is 15.4 Å². The van der Waals surface area contributed by atoms with Gasteiger partial charge in [0.2, 0.25) is 0 Å². The second-order valence-corrected chi connectivity index (χ2v) is 7.50. The summed E-state index contributed by atoms with van der Waals surface area (Å²) in [7, 11) is 0. The second-order valence-electron chi connectivity index (χ2n) is 6.75. The van der Waals surface area contributed by atoms with E-state index in [1.165, 1.54) is 89.9 Å². The number of hydrogen-bond donors (Lipinski definition) is 1. The van der Waals surface area contributed by atoms with Crippen LogP contribution in [0.5, 0.6) is 0 Å². The topological polar surface area (TPSA) is 41.6 Å². The number of nitrogens with one attached hydrogen (secondary N) is 1. The Labute approximate surface area is 157 Å². The van der Waals surface area contributed by atoms with E-state index < -0.39 is 0 Å². The predicted molar refractivity (Wildman–Crippen MR) is 107 cm³/mol. The molecule has 0 atom stereocenters. The first-order valence-corrected chi connectivity index (χ1v) is 10.8. The molecule has 0 spiro atoms. The maximum absolute atomic E-state index is 4.13. The summed E-state index contributed by atoms with van der Waals surface area (Å²) >= 11 is 3.40. The number of aromatic amines is 1. The molecule has 1 aromatic rings. The minimum atomic E-state index is 0.871. The molecule has 0 bridgehead atoms. The van der Waals surface area contributed by atoms with Crippen LogP contribution in [0, 0.1) is 0 Å². The predicted octanol–water partition coefficient (Wildman–Crippen LogP) is 7.15. The fraction of sp³-hybridized carbons (Fsp3) is 0.800.